The molecule has 3 N–H and O–H groups in total. The number of benzene rings is 1. The summed E-state index contributed by atoms with van der Waals surface area (Å²) in [4.78, 5) is 8.50. The maximum Gasteiger partial charge on any atom is 0.131 e. The minimum Gasteiger partial charge on any atom is -0.366 e. The summed E-state index contributed by atoms with van der Waals surface area (Å²) >= 11 is 0. The van der Waals surface area contributed by atoms with E-state index >= 15 is 0 Å². The van der Waals surface area contributed by atoms with E-state index in [0.29, 0.717) is 6.04 Å². The third kappa shape index (κ3) is 3.05. The lowest BCUT2D eigenvalue weighted by Gasteiger charge is -2.28. The van der Waals surface area contributed by atoms with E-state index in [4.69, 9.17) is 0 Å². The first kappa shape index (κ1) is 12.9. The van der Waals surface area contributed by atoms with Crippen LogP contribution >= 0.6 is 0 Å². The van der Waals surface area contributed by atoms with Crippen LogP contribution in [0.25, 0.3) is 0 Å². The number of anilines is 2. The van der Waals surface area contributed by atoms with Crippen molar-refractivity contribution >= 4 is 11.6 Å². The zero-order valence-electron chi connectivity index (χ0n) is 11.6. The van der Waals surface area contributed by atoms with Crippen LogP contribution in [0.3, 0.4) is 0 Å². The molecule has 0 radical (unpaired) electrons. The van der Waals surface area contributed by atoms with Crippen LogP contribution in [-0.2, 0) is 6.54 Å². The van der Waals surface area contributed by atoms with Crippen LogP contribution in [0, 0.1) is 6.92 Å². The van der Waals surface area contributed by atoms with Crippen molar-refractivity contribution < 1.29 is 0 Å². The lowest BCUT2D eigenvalue weighted by Crippen LogP contribution is -2.51. The van der Waals surface area contributed by atoms with Crippen LogP contribution in [-0.4, -0.2) is 29.1 Å². The summed E-state index contributed by atoms with van der Waals surface area (Å²) in [5.74, 6) is 1.72. The normalized spacial score (nSPS) is 14.7. The van der Waals surface area contributed by atoms with Gasteiger partial charge in [-0.1, -0.05) is 24.3 Å². The quantitative estimate of drug-likeness (QED) is 0.772. The van der Waals surface area contributed by atoms with E-state index in [1.165, 1.54) is 11.1 Å². The molecule has 0 aliphatic carbocycles. The number of nitrogens with zero attached hydrogens (tertiary/aromatic N) is 2. The van der Waals surface area contributed by atoms with E-state index in [2.05, 4.69) is 57.1 Å². The van der Waals surface area contributed by atoms with Crippen molar-refractivity contribution in [1.29, 1.82) is 0 Å². The topological polar surface area (TPSA) is 61.9 Å². The minimum atomic E-state index is 0.481. The molecule has 2 heterocycles. The number of rotatable bonds is 5. The number of hydrogen-bond acceptors (Lipinski definition) is 5. The van der Waals surface area contributed by atoms with Gasteiger partial charge in [0.15, 0.2) is 0 Å². The van der Waals surface area contributed by atoms with E-state index in [-0.39, 0.29) is 0 Å². The zero-order valence-corrected chi connectivity index (χ0v) is 11.6. The molecule has 0 amide bonds. The maximum atomic E-state index is 4.26. The molecule has 2 aromatic rings. The summed E-state index contributed by atoms with van der Waals surface area (Å²) in [6.07, 6.45) is 1.59. The molecule has 5 nitrogen and oxygen atoms in total. The van der Waals surface area contributed by atoms with Gasteiger partial charge in [-0.3, -0.25) is 0 Å². The van der Waals surface area contributed by atoms with Gasteiger partial charge >= 0.3 is 0 Å². The van der Waals surface area contributed by atoms with Crippen molar-refractivity contribution in [1.82, 2.24) is 15.3 Å². The first-order valence-electron chi connectivity index (χ1n) is 6.89. The molecule has 0 unspecified atom stereocenters. The van der Waals surface area contributed by atoms with Crippen LogP contribution in [0.2, 0.25) is 0 Å². The predicted octanol–water partition coefficient (Wildman–Crippen LogP) is 1.78. The Morgan fingerprint density at radius 2 is 2.00 bits per heavy atom. The molecule has 0 spiro atoms. The van der Waals surface area contributed by atoms with Crippen LogP contribution in [0.4, 0.5) is 11.6 Å². The second kappa shape index (κ2) is 5.88. The third-order valence-electron chi connectivity index (χ3n) is 3.52. The highest BCUT2D eigenvalue weighted by Gasteiger charge is 2.16. The molecule has 1 aromatic heterocycles. The minimum absolute atomic E-state index is 0.481. The molecule has 0 atom stereocenters. The molecule has 1 fully saturated rings. The second-order valence-electron chi connectivity index (χ2n) is 5.07. The first-order valence-corrected chi connectivity index (χ1v) is 6.89. The van der Waals surface area contributed by atoms with E-state index in [9.17, 15) is 0 Å². The number of hydrogen-bond donors (Lipinski definition) is 3. The SMILES string of the molecule is Cc1ccccc1CNc1cc(NC2CNC2)ncn1. The van der Waals surface area contributed by atoms with E-state index in [1.807, 2.05) is 6.07 Å². The second-order valence-corrected chi connectivity index (χ2v) is 5.07. The third-order valence-corrected chi connectivity index (χ3v) is 3.52. The Morgan fingerprint density at radius 3 is 2.75 bits per heavy atom. The Morgan fingerprint density at radius 1 is 1.20 bits per heavy atom. The van der Waals surface area contributed by atoms with Gasteiger partial charge in [0.05, 0.1) is 6.04 Å². The lowest BCUT2D eigenvalue weighted by atomic mass is 10.1. The van der Waals surface area contributed by atoms with Crippen molar-refractivity contribution in [2.45, 2.75) is 19.5 Å². The lowest BCUT2D eigenvalue weighted by molar-refractivity contribution is 0.471. The van der Waals surface area contributed by atoms with Crippen LogP contribution in [0.15, 0.2) is 36.7 Å². The highest BCUT2D eigenvalue weighted by molar-refractivity contribution is 5.48. The number of aryl methyl sites for hydroxylation is 1. The molecule has 1 aliphatic heterocycles. The molecule has 1 aliphatic rings. The Hall–Kier alpha value is -2.14. The van der Waals surface area contributed by atoms with Gasteiger partial charge in [0.2, 0.25) is 0 Å². The monoisotopic (exact) mass is 269 g/mol. The number of aromatic nitrogens is 2. The van der Waals surface area contributed by atoms with Gasteiger partial charge in [-0.2, -0.15) is 0 Å². The molecular formula is C15H19N5. The van der Waals surface area contributed by atoms with Crippen molar-refractivity contribution in [3.8, 4) is 0 Å². The predicted molar refractivity (Wildman–Crippen MR) is 80.8 cm³/mol. The Labute approximate surface area is 118 Å². The summed E-state index contributed by atoms with van der Waals surface area (Å²) < 4.78 is 0. The molecule has 5 heteroatoms. The largest absolute Gasteiger partial charge is 0.366 e. The Kier molecular flexibility index (Phi) is 3.78. The van der Waals surface area contributed by atoms with Crippen molar-refractivity contribution in [2.24, 2.45) is 0 Å². The first-order chi connectivity index (χ1) is 9.81. The average molecular weight is 269 g/mol. The van der Waals surface area contributed by atoms with Crippen LogP contribution in [0.5, 0.6) is 0 Å². The average Bonchev–Trinajstić information content (AvgIpc) is 2.43. The summed E-state index contributed by atoms with van der Waals surface area (Å²) in [7, 11) is 0. The highest BCUT2D eigenvalue weighted by Crippen LogP contribution is 2.13. The highest BCUT2D eigenvalue weighted by atomic mass is 15.1. The Bertz CT molecular complexity index is 580. The molecule has 3 rings (SSSR count). The molecule has 1 aromatic carbocycles. The number of nitrogens with one attached hydrogen (secondary N) is 3. The standard InChI is InChI=1S/C15H19N5/c1-11-4-2-3-5-12(11)7-17-14-6-15(19-10-18-14)20-13-8-16-9-13/h2-6,10,13,16H,7-9H2,1H3,(H2,17,18,19,20). The van der Waals surface area contributed by atoms with Gasteiger partial charge in [0, 0.05) is 25.7 Å². The van der Waals surface area contributed by atoms with Crippen molar-refractivity contribution in [2.75, 3.05) is 23.7 Å². The molecule has 1 saturated heterocycles. The van der Waals surface area contributed by atoms with Crippen LogP contribution < -0.4 is 16.0 Å². The molecule has 104 valence electrons. The van der Waals surface area contributed by atoms with Crippen LogP contribution in [0.1, 0.15) is 11.1 Å². The molecule has 0 bridgehead atoms. The fraction of sp³-hybridized carbons (Fsp3) is 0.333. The van der Waals surface area contributed by atoms with E-state index in [1.54, 1.807) is 6.33 Å². The maximum absolute atomic E-state index is 4.26. The molecule has 0 saturated carbocycles. The fourth-order valence-corrected chi connectivity index (χ4v) is 2.13. The smallest absolute Gasteiger partial charge is 0.131 e. The summed E-state index contributed by atoms with van der Waals surface area (Å²) in [6.45, 7) is 4.88. The van der Waals surface area contributed by atoms with Gasteiger partial charge in [-0.15, -0.1) is 0 Å². The summed E-state index contributed by atoms with van der Waals surface area (Å²) in [5, 5.41) is 9.95. The Balaban J connectivity index is 1.62. The van der Waals surface area contributed by atoms with E-state index < -0.39 is 0 Å². The van der Waals surface area contributed by atoms with Gasteiger partial charge in [-0.05, 0) is 18.1 Å². The fourth-order valence-electron chi connectivity index (χ4n) is 2.13. The molecular weight excluding hydrogens is 250 g/mol. The summed E-state index contributed by atoms with van der Waals surface area (Å²) in [6, 6.07) is 10.8. The van der Waals surface area contributed by atoms with Gasteiger partial charge in [0.1, 0.15) is 18.0 Å². The van der Waals surface area contributed by atoms with E-state index in [0.717, 1.165) is 31.3 Å². The van der Waals surface area contributed by atoms with Gasteiger partial charge in [0.25, 0.3) is 0 Å². The summed E-state index contributed by atoms with van der Waals surface area (Å²) in [5.41, 5.74) is 2.57. The molecule has 20 heavy (non-hydrogen) atoms. The van der Waals surface area contributed by atoms with Gasteiger partial charge in [-0.25, -0.2) is 9.97 Å². The van der Waals surface area contributed by atoms with Crippen molar-refractivity contribution in [3.63, 3.8) is 0 Å². The van der Waals surface area contributed by atoms with Crippen molar-refractivity contribution in [3.05, 3.63) is 47.8 Å². The zero-order chi connectivity index (χ0) is 13.8. The van der Waals surface area contributed by atoms with Gasteiger partial charge < -0.3 is 16.0 Å².